The van der Waals surface area contributed by atoms with Crippen LogP contribution in [0.3, 0.4) is 0 Å². The summed E-state index contributed by atoms with van der Waals surface area (Å²) in [6.07, 6.45) is 8.34. The third kappa shape index (κ3) is 4.63. The van der Waals surface area contributed by atoms with Crippen LogP contribution in [-0.2, 0) is 16.1 Å². The van der Waals surface area contributed by atoms with Crippen LogP contribution < -0.4 is 20.3 Å². The molecule has 1 aliphatic heterocycles. The first-order valence-corrected chi connectivity index (χ1v) is 12.3. The number of rotatable bonds is 4. The van der Waals surface area contributed by atoms with Crippen molar-refractivity contribution in [3.63, 3.8) is 0 Å². The zero-order valence-electron chi connectivity index (χ0n) is 20.1. The summed E-state index contributed by atoms with van der Waals surface area (Å²) in [5.41, 5.74) is -0.851. The van der Waals surface area contributed by atoms with E-state index in [-0.39, 0.29) is 5.56 Å². The molecular formula is C26H34N2O6. The summed E-state index contributed by atoms with van der Waals surface area (Å²) in [5.74, 6) is 0.0888. The van der Waals surface area contributed by atoms with Crippen LogP contribution in [0.5, 0.6) is 11.5 Å². The Kier molecular flexibility index (Phi) is 7.44. The van der Waals surface area contributed by atoms with Gasteiger partial charge in [0.05, 0.1) is 26.3 Å². The minimum Gasteiger partial charge on any atom is -0.493 e. The van der Waals surface area contributed by atoms with Crippen LogP contribution in [0.1, 0.15) is 74.6 Å². The van der Waals surface area contributed by atoms with E-state index in [0.29, 0.717) is 48.4 Å². The maximum absolute atomic E-state index is 13.6. The highest BCUT2D eigenvalue weighted by molar-refractivity contribution is 6.01. The van der Waals surface area contributed by atoms with Crippen molar-refractivity contribution in [2.45, 2.75) is 76.3 Å². The number of benzene rings is 1. The average Bonchev–Trinajstić information content (AvgIpc) is 2.94. The minimum atomic E-state index is -1.12. The van der Waals surface area contributed by atoms with Crippen molar-refractivity contribution >= 4 is 22.8 Å². The number of esters is 1. The van der Waals surface area contributed by atoms with Gasteiger partial charge in [0, 0.05) is 11.9 Å². The lowest BCUT2D eigenvalue weighted by Gasteiger charge is -2.33. The highest BCUT2D eigenvalue weighted by Gasteiger charge is 2.41. The molecule has 4 rings (SSSR count). The first-order chi connectivity index (χ1) is 16.5. The molecular weight excluding hydrogens is 436 g/mol. The molecule has 2 aliphatic rings. The number of amides is 1. The number of nitrogens with one attached hydrogen (secondary N) is 1. The predicted octanol–water partition coefficient (Wildman–Crippen LogP) is 3.96. The molecule has 2 heterocycles. The molecule has 1 N–H and O–H groups in total. The van der Waals surface area contributed by atoms with Gasteiger partial charge in [-0.05, 0) is 50.3 Å². The molecule has 1 aliphatic carbocycles. The van der Waals surface area contributed by atoms with Gasteiger partial charge in [0.2, 0.25) is 0 Å². The quantitative estimate of drug-likeness (QED) is 0.680. The van der Waals surface area contributed by atoms with Crippen LogP contribution in [0.4, 0.5) is 0 Å². The number of aromatic nitrogens is 1. The zero-order valence-corrected chi connectivity index (χ0v) is 20.1. The lowest BCUT2D eigenvalue weighted by molar-refractivity contribution is -0.149. The number of nitrogens with zero attached hydrogens (tertiary/aromatic N) is 1. The Labute approximate surface area is 199 Å². The minimum absolute atomic E-state index is 0.0215. The van der Waals surface area contributed by atoms with E-state index in [2.05, 4.69) is 5.32 Å². The summed E-state index contributed by atoms with van der Waals surface area (Å²) in [6, 6.07) is 5.22. The molecule has 0 saturated heterocycles. The van der Waals surface area contributed by atoms with Gasteiger partial charge in [0.25, 0.3) is 11.5 Å². The van der Waals surface area contributed by atoms with Gasteiger partial charge in [0.1, 0.15) is 11.1 Å². The van der Waals surface area contributed by atoms with E-state index in [1.54, 1.807) is 23.8 Å². The molecule has 8 heteroatoms. The van der Waals surface area contributed by atoms with Crippen LogP contribution in [-0.4, -0.2) is 42.8 Å². The number of carbonyl (C=O) groups excluding carboxylic acids is 2. The fourth-order valence-electron chi connectivity index (χ4n) is 5.20. The second-order valence-electron chi connectivity index (χ2n) is 9.25. The number of methoxy groups -OCH3 is 2. The zero-order chi connectivity index (χ0) is 24.1. The number of hydrogen-bond acceptors (Lipinski definition) is 6. The lowest BCUT2D eigenvalue weighted by Crippen LogP contribution is -2.56. The Hall–Kier alpha value is -3.03. The van der Waals surface area contributed by atoms with Crippen LogP contribution >= 0.6 is 0 Å². The second-order valence-corrected chi connectivity index (χ2v) is 9.25. The molecule has 1 amide bonds. The summed E-state index contributed by atoms with van der Waals surface area (Å²) in [6.45, 7) is 1.01. The molecule has 0 atom stereocenters. The van der Waals surface area contributed by atoms with Gasteiger partial charge in [-0.15, -0.1) is 0 Å². The van der Waals surface area contributed by atoms with Gasteiger partial charge >= 0.3 is 5.97 Å². The number of hydrogen-bond donors (Lipinski definition) is 1. The number of pyridine rings is 1. The Morgan fingerprint density at radius 3 is 2.41 bits per heavy atom. The molecule has 0 unspecified atom stereocenters. The van der Waals surface area contributed by atoms with Crippen molar-refractivity contribution in [2.75, 3.05) is 20.8 Å². The lowest BCUT2D eigenvalue weighted by atomic mass is 9.83. The molecule has 1 saturated carbocycles. The Balaban J connectivity index is 1.80. The number of aryl methyl sites for hydroxylation is 1. The second kappa shape index (κ2) is 10.5. The summed E-state index contributed by atoms with van der Waals surface area (Å²) in [5, 5.41) is 3.65. The van der Waals surface area contributed by atoms with Crippen molar-refractivity contribution in [1.29, 1.82) is 0 Å². The van der Waals surface area contributed by atoms with E-state index in [0.717, 1.165) is 51.4 Å². The van der Waals surface area contributed by atoms with Crippen LogP contribution in [0.2, 0.25) is 0 Å². The molecule has 184 valence electrons. The molecule has 1 aromatic carbocycles. The van der Waals surface area contributed by atoms with E-state index in [9.17, 15) is 14.4 Å². The van der Waals surface area contributed by atoms with E-state index in [1.165, 1.54) is 7.11 Å². The van der Waals surface area contributed by atoms with E-state index in [4.69, 9.17) is 14.2 Å². The smallest absolute Gasteiger partial charge is 0.331 e. The van der Waals surface area contributed by atoms with Crippen molar-refractivity contribution in [3.05, 3.63) is 34.1 Å². The van der Waals surface area contributed by atoms with Gasteiger partial charge in [-0.25, -0.2) is 4.79 Å². The van der Waals surface area contributed by atoms with Crippen LogP contribution in [0, 0.1) is 0 Å². The summed E-state index contributed by atoms with van der Waals surface area (Å²) >= 11 is 0. The van der Waals surface area contributed by atoms with Crippen molar-refractivity contribution in [3.8, 4) is 11.5 Å². The molecule has 0 radical (unpaired) electrons. The topological polar surface area (TPSA) is 95.9 Å². The molecule has 34 heavy (non-hydrogen) atoms. The van der Waals surface area contributed by atoms with Crippen LogP contribution in [0.15, 0.2) is 23.0 Å². The fraction of sp³-hybridized carbons (Fsp3) is 0.577. The third-order valence-corrected chi connectivity index (χ3v) is 7.04. The Morgan fingerprint density at radius 2 is 1.71 bits per heavy atom. The van der Waals surface area contributed by atoms with Gasteiger partial charge in [-0.1, -0.05) is 32.1 Å². The number of carbonyl (C=O) groups is 2. The first kappa shape index (κ1) is 24.1. The maximum atomic E-state index is 13.6. The monoisotopic (exact) mass is 470 g/mol. The largest absolute Gasteiger partial charge is 0.493 e. The van der Waals surface area contributed by atoms with E-state index >= 15 is 0 Å². The van der Waals surface area contributed by atoms with E-state index in [1.807, 2.05) is 6.07 Å². The van der Waals surface area contributed by atoms with Crippen molar-refractivity contribution < 1.29 is 23.8 Å². The van der Waals surface area contributed by atoms with E-state index < -0.39 is 23.0 Å². The van der Waals surface area contributed by atoms with Gasteiger partial charge in [-0.3, -0.25) is 9.59 Å². The Morgan fingerprint density at radius 1 is 1.00 bits per heavy atom. The Bertz CT molecular complexity index is 1110. The molecule has 2 aromatic rings. The molecule has 1 aromatic heterocycles. The molecule has 8 nitrogen and oxygen atoms in total. The molecule has 0 spiro atoms. The summed E-state index contributed by atoms with van der Waals surface area (Å²) < 4.78 is 18.2. The standard InChI is InChI=1S/C26H34N2O6/c1-32-20-12-11-18-17-19(24(30)28-15-9-6-10-16-34-22(20)21(18)28)23(29)27-26(25(31)33-2)13-7-4-3-5-8-14-26/h11-12,17H,3-10,13-16H2,1-2H3,(H,27,29). The number of ether oxygens (including phenoxy) is 3. The van der Waals surface area contributed by atoms with Gasteiger partial charge < -0.3 is 24.1 Å². The summed E-state index contributed by atoms with van der Waals surface area (Å²) in [4.78, 5) is 40.0. The molecule has 0 bridgehead atoms. The van der Waals surface area contributed by atoms with Crippen LogP contribution in [0.25, 0.3) is 10.9 Å². The molecule has 1 fully saturated rings. The summed E-state index contributed by atoms with van der Waals surface area (Å²) in [7, 11) is 2.91. The highest BCUT2D eigenvalue weighted by atomic mass is 16.5. The fourth-order valence-corrected chi connectivity index (χ4v) is 5.20. The normalized spacial score (nSPS) is 18.3. The van der Waals surface area contributed by atoms with Gasteiger partial charge in [0.15, 0.2) is 11.5 Å². The maximum Gasteiger partial charge on any atom is 0.331 e. The highest BCUT2D eigenvalue weighted by Crippen LogP contribution is 2.36. The average molecular weight is 471 g/mol. The van der Waals surface area contributed by atoms with Gasteiger partial charge in [-0.2, -0.15) is 0 Å². The SMILES string of the molecule is COC(=O)C1(NC(=O)c2cc3ccc(OC)c4c3n(c2=O)CCCCCO4)CCCCCCC1. The predicted molar refractivity (Wildman–Crippen MR) is 129 cm³/mol. The van der Waals surface area contributed by atoms with Crippen molar-refractivity contribution in [1.82, 2.24) is 9.88 Å². The first-order valence-electron chi connectivity index (χ1n) is 12.3. The third-order valence-electron chi connectivity index (χ3n) is 7.04. The van der Waals surface area contributed by atoms with Crippen molar-refractivity contribution in [2.24, 2.45) is 0 Å².